The maximum atomic E-state index is 6.30. The van der Waals surface area contributed by atoms with Crippen molar-refractivity contribution < 1.29 is 4.43 Å². The Labute approximate surface area is 128 Å². The monoisotopic (exact) mass is 296 g/mol. The van der Waals surface area contributed by atoms with Crippen LogP contribution >= 0.6 is 0 Å². The zero-order valence-electron chi connectivity index (χ0n) is 15.3. The van der Waals surface area contributed by atoms with Crippen LogP contribution in [0.15, 0.2) is 23.3 Å². The molecule has 0 fully saturated rings. The van der Waals surface area contributed by atoms with Crippen LogP contribution < -0.4 is 0 Å². The molecule has 1 atom stereocenters. The molecule has 0 aliphatic heterocycles. The normalized spacial score (nSPS) is 16.4. The Morgan fingerprint density at radius 2 is 1.75 bits per heavy atom. The molecule has 0 aromatic rings. The Bertz CT molecular complexity index is 345. The summed E-state index contributed by atoms with van der Waals surface area (Å²) in [5.41, 5.74) is 2.90. The molecule has 118 valence electrons. The minimum atomic E-state index is -1.61. The van der Waals surface area contributed by atoms with Crippen molar-refractivity contribution in [2.24, 2.45) is 5.92 Å². The van der Waals surface area contributed by atoms with Crippen LogP contribution in [-0.2, 0) is 4.43 Å². The third kappa shape index (κ3) is 6.40. The summed E-state index contributed by atoms with van der Waals surface area (Å²) in [4.78, 5) is 0. The molecule has 0 rings (SSSR count). The van der Waals surface area contributed by atoms with Crippen LogP contribution in [0.5, 0.6) is 0 Å². The van der Waals surface area contributed by atoms with Crippen LogP contribution in [0, 0.1) is 5.92 Å². The predicted octanol–water partition coefficient (Wildman–Crippen LogP) is 6.34. The molecule has 1 nitrogen and oxygen atoms in total. The molecule has 0 unspecified atom stereocenters. The van der Waals surface area contributed by atoms with Crippen molar-refractivity contribution in [2.45, 2.75) is 79.4 Å². The quantitative estimate of drug-likeness (QED) is 0.393. The van der Waals surface area contributed by atoms with Crippen LogP contribution in [0.2, 0.25) is 18.1 Å². The van der Waals surface area contributed by atoms with Crippen molar-refractivity contribution >= 4 is 8.32 Å². The van der Waals surface area contributed by atoms with Gasteiger partial charge in [-0.15, -0.1) is 0 Å². The van der Waals surface area contributed by atoms with Gasteiger partial charge in [0.1, 0.15) is 0 Å². The SMILES string of the molecule is CC/C=C(CC)/C(C)=C/[C@@H](C)CO[Si](C)(C)C(C)(C)C. The molecule has 0 aliphatic carbocycles. The lowest BCUT2D eigenvalue weighted by Gasteiger charge is -2.36. The van der Waals surface area contributed by atoms with Crippen LogP contribution in [0.25, 0.3) is 0 Å². The highest BCUT2D eigenvalue weighted by Crippen LogP contribution is 2.36. The van der Waals surface area contributed by atoms with Gasteiger partial charge in [-0.1, -0.05) is 59.3 Å². The van der Waals surface area contributed by atoms with E-state index in [-0.39, 0.29) is 0 Å². The first-order chi connectivity index (χ1) is 9.05. The third-order valence-corrected chi connectivity index (χ3v) is 8.89. The zero-order valence-corrected chi connectivity index (χ0v) is 16.3. The van der Waals surface area contributed by atoms with E-state index in [9.17, 15) is 0 Å². The van der Waals surface area contributed by atoms with Crippen molar-refractivity contribution in [3.63, 3.8) is 0 Å². The summed E-state index contributed by atoms with van der Waals surface area (Å²) in [5, 5.41) is 0.294. The molecule has 0 aromatic carbocycles. The highest BCUT2D eigenvalue weighted by molar-refractivity contribution is 6.74. The van der Waals surface area contributed by atoms with Gasteiger partial charge in [-0.25, -0.2) is 0 Å². The summed E-state index contributed by atoms with van der Waals surface area (Å²) in [6.07, 6.45) is 6.95. The summed E-state index contributed by atoms with van der Waals surface area (Å²) in [6.45, 7) is 21.3. The Kier molecular flexibility index (Phi) is 8.05. The van der Waals surface area contributed by atoms with Gasteiger partial charge in [0.2, 0.25) is 0 Å². The molecule has 0 radical (unpaired) electrons. The first-order valence-corrected chi connectivity index (χ1v) is 11.0. The van der Waals surface area contributed by atoms with Gasteiger partial charge in [-0.05, 0) is 49.4 Å². The van der Waals surface area contributed by atoms with Gasteiger partial charge < -0.3 is 4.43 Å². The van der Waals surface area contributed by atoms with E-state index in [4.69, 9.17) is 4.43 Å². The minimum absolute atomic E-state index is 0.294. The van der Waals surface area contributed by atoms with Crippen molar-refractivity contribution in [3.8, 4) is 0 Å². The Hall–Kier alpha value is -0.343. The predicted molar refractivity (Wildman–Crippen MR) is 94.7 cm³/mol. The standard InChI is InChI=1S/C18H36OSi/c1-10-12-17(11-2)16(4)13-15(3)14-19-20(8,9)18(5,6)7/h12-13,15H,10-11,14H2,1-9H3/b16-13+,17-12+/t15-/m1/s1. The van der Waals surface area contributed by atoms with E-state index in [0.717, 1.165) is 19.4 Å². The molecule has 2 heteroatoms. The van der Waals surface area contributed by atoms with E-state index >= 15 is 0 Å². The molecule has 20 heavy (non-hydrogen) atoms. The number of rotatable bonds is 7. The first-order valence-electron chi connectivity index (χ1n) is 8.07. The summed E-state index contributed by atoms with van der Waals surface area (Å²) in [6, 6.07) is 0. The van der Waals surface area contributed by atoms with Crippen LogP contribution in [0.4, 0.5) is 0 Å². The van der Waals surface area contributed by atoms with E-state index in [1.165, 1.54) is 11.1 Å². The molecule has 0 aromatic heterocycles. The zero-order chi connectivity index (χ0) is 16.0. The van der Waals surface area contributed by atoms with Gasteiger partial charge in [0.25, 0.3) is 0 Å². The molecule has 0 aliphatic rings. The maximum absolute atomic E-state index is 6.30. The smallest absolute Gasteiger partial charge is 0.192 e. The Morgan fingerprint density at radius 3 is 2.15 bits per heavy atom. The third-order valence-electron chi connectivity index (χ3n) is 4.39. The second-order valence-electron chi connectivity index (χ2n) is 7.39. The number of allylic oxidation sites excluding steroid dienone is 3. The fraction of sp³-hybridized carbons (Fsp3) is 0.778. The topological polar surface area (TPSA) is 9.23 Å². The molecule has 0 heterocycles. The average molecular weight is 297 g/mol. The van der Waals surface area contributed by atoms with Gasteiger partial charge in [-0.2, -0.15) is 0 Å². The van der Waals surface area contributed by atoms with Crippen molar-refractivity contribution in [3.05, 3.63) is 23.3 Å². The van der Waals surface area contributed by atoms with Crippen molar-refractivity contribution in [1.82, 2.24) is 0 Å². The maximum Gasteiger partial charge on any atom is 0.192 e. The van der Waals surface area contributed by atoms with Crippen LogP contribution in [0.3, 0.4) is 0 Å². The lowest BCUT2D eigenvalue weighted by molar-refractivity contribution is 0.259. The highest BCUT2D eigenvalue weighted by atomic mass is 28.4. The summed E-state index contributed by atoms with van der Waals surface area (Å²) in [5.74, 6) is 0.482. The van der Waals surface area contributed by atoms with E-state index in [1.54, 1.807) is 0 Å². The lowest BCUT2D eigenvalue weighted by Crippen LogP contribution is -2.41. The summed E-state index contributed by atoms with van der Waals surface area (Å²) in [7, 11) is -1.61. The second-order valence-corrected chi connectivity index (χ2v) is 12.2. The van der Waals surface area contributed by atoms with Gasteiger partial charge in [-0.3, -0.25) is 0 Å². The molecule has 0 amide bonds. The second kappa shape index (κ2) is 8.19. The molecule has 0 bridgehead atoms. The molecule has 0 N–H and O–H groups in total. The summed E-state index contributed by atoms with van der Waals surface area (Å²) >= 11 is 0. The minimum Gasteiger partial charge on any atom is -0.416 e. The van der Waals surface area contributed by atoms with E-state index in [2.05, 4.69) is 73.7 Å². The Balaban J connectivity index is 4.65. The van der Waals surface area contributed by atoms with E-state index < -0.39 is 8.32 Å². The van der Waals surface area contributed by atoms with Gasteiger partial charge in [0, 0.05) is 6.61 Å². The molecular weight excluding hydrogens is 260 g/mol. The Morgan fingerprint density at radius 1 is 1.20 bits per heavy atom. The summed E-state index contributed by atoms with van der Waals surface area (Å²) < 4.78 is 6.30. The van der Waals surface area contributed by atoms with Crippen molar-refractivity contribution in [1.29, 1.82) is 0 Å². The fourth-order valence-electron chi connectivity index (χ4n) is 1.97. The lowest BCUT2D eigenvalue weighted by atomic mass is 10.00. The van der Waals surface area contributed by atoms with Crippen molar-refractivity contribution in [2.75, 3.05) is 6.61 Å². The highest BCUT2D eigenvalue weighted by Gasteiger charge is 2.37. The molecular formula is C18H36OSi. The van der Waals surface area contributed by atoms with E-state index in [0.29, 0.717) is 11.0 Å². The average Bonchev–Trinajstić information content (AvgIpc) is 2.32. The van der Waals surface area contributed by atoms with Gasteiger partial charge >= 0.3 is 0 Å². The molecule has 0 saturated carbocycles. The fourth-order valence-corrected chi connectivity index (χ4v) is 3.08. The van der Waals surface area contributed by atoms with Gasteiger partial charge in [0.05, 0.1) is 0 Å². The number of hydrogen-bond donors (Lipinski definition) is 0. The van der Waals surface area contributed by atoms with E-state index in [1.807, 2.05) is 0 Å². The molecule has 0 spiro atoms. The largest absolute Gasteiger partial charge is 0.416 e. The first kappa shape index (κ1) is 19.7. The van der Waals surface area contributed by atoms with Gasteiger partial charge in [0.15, 0.2) is 8.32 Å². The molecule has 0 saturated heterocycles. The van der Waals surface area contributed by atoms with Crippen LogP contribution in [0.1, 0.15) is 61.3 Å². The number of hydrogen-bond acceptors (Lipinski definition) is 1. The van der Waals surface area contributed by atoms with Crippen LogP contribution in [-0.4, -0.2) is 14.9 Å².